The number of ether oxygens (including phenoxy) is 1. The lowest BCUT2D eigenvalue weighted by molar-refractivity contribution is 0.181. The maximum absolute atomic E-state index is 5.32. The van der Waals surface area contributed by atoms with Crippen LogP contribution in [0.4, 0.5) is 5.13 Å². The highest BCUT2D eigenvalue weighted by molar-refractivity contribution is 7.15. The highest BCUT2D eigenvalue weighted by Crippen LogP contribution is 2.30. The van der Waals surface area contributed by atoms with E-state index in [1.807, 2.05) is 11.3 Å². The molecule has 21 heavy (non-hydrogen) atoms. The van der Waals surface area contributed by atoms with Crippen LogP contribution in [0.3, 0.4) is 0 Å². The number of nitrogens with zero attached hydrogens (tertiary/aromatic N) is 2. The van der Waals surface area contributed by atoms with Crippen molar-refractivity contribution in [3.63, 3.8) is 0 Å². The van der Waals surface area contributed by atoms with E-state index in [9.17, 15) is 0 Å². The van der Waals surface area contributed by atoms with E-state index in [2.05, 4.69) is 37.9 Å². The summed E-state index contributed by atoms with van der Waals surface area (Å²) in [6.07, 6.45) is 2.61. The van der Waals surface area contributed by atoms with Gasteiger partial charge in [-0.15, -0.1) is 11.3 Å². The van der Waals surface area contributed by atoms with Crippen LogP contribution >= 0.6 is 11.3 Å². The molecule has 5 heteroatoms. The first-order valence-corrected chi connectivity index (χ1v) is 8.68. The Balaban J connectivity index is 2.12. The minimum absolute atomic E-state index is 0.119. The standard InChI is InChI=1S/C16H29N3OS/c1-12-7-6-8-19(10-12)15-18-13(11-20-5)14(21-15)9-17-16(2,3)4/h12,17H,6-11H2,1-5H3. The number of methoxy groups -OCH3 is 1. The fourth-order valence-corrected chi connectivity index (χ4v) is 3.64. The predicted molar refractivity (Wildman–Crippen MR) is 90.0 cm³/mol. The summed E-state index contributed by atoms with van der Waals surface area (Å²) in [6.45, 7) is 12.6. The molecule has 1 aromatic heterocycles. The van der Waals surface area contributed by atoms with Gasteiger partial charge in [-0.2, -0.15) is 0 Å². The third-order valence-electron chi connectivity index (χ3n) is 3.75. The van der Waals surface area contributed by atoms with Crippen LogP contribution in [0.5, 0.6) is 0 Å². The van der Waals surface area contributed by atoms with Crippen LogP contribution in [0.25, 0.3) is 0 Å². The van der Waals surface area contributed by atoms with Gasteiger partial charge in [-0.3, -0.25) is 0 Å². The Morgan fingerprint density at radius 3 is 2.81 bits per heavy atom. The van der Waals surface area contributed by atoms with Gasteiger partial charge in [0.1, 0.15) is 0 Å². The molecule has 0 amide bonds. The second kappa shape index (κ2) is 7.07. The summed E-state index contributed by atoms with van der Waals surface area (Å²) >= 11 is 1.82. The molecule has 2 rings (SSSR count). The lowest BCUT2D eigenvalue weighted by atomic mass is 10.0. The van der Waals surface area contributed by atoms with Crippen molar-refractivity contribution in [1.29, 1.82) is 0 Å². The zero-order chi connectivity index (χ0) is 15.5. The first-order chi connectivity index (χ1) is 9.89. The number of hydrogen-bond donors (Lipinski definition) is 1. The Morgan fingerprint density at radius 1 is 1.43 bits per heavy atom. The molecule has 1 aliphatic heterocycles. The molecule has 120 valence electrons. The van der Waals surface area contributed by atoms with Crippen molar-refractivity contribution >= 4 is 16.5 Å². The van der Waals surface area contributed by atoms with Gasteiger partial charge in [-0.25, -0.2) is 4.98 Å². The van der Waals surface area contributed by atoms with E-state index >= 15 is 0 Å². The van der Waals surface area contributed by atoms with E-state index in [0.717, 1.165) is 31.2 Å². The highest BCUT2D eigenvalue weighted by atomic mass is 32.1. The Bertz CT molecular complexity index is 453. The normalized spacial score (nSPS) is 20.0. The highest BCUT2D eigenvalue weighted by Gasteiger charge is 2.22. The number of aromatic nitrogens is 1. The second-order valence-corrected chi connectivity index (χ2v) is 8.16. The number of piperidine rings is 1. The van der Waals surface area contributed by atoms with Gasteiger partial charge in [0.25, 0.3) is 0 Å². The summed E-state index contributed by atoms with van der Waals surface area (Å²) in [5.41, 5.74) is 1.21. The molecule has 2 heterocycles. The molecule has 0 aliphatic carbocycles. The maximum atomic E-state index is 5.32. The SMILES string of the molecule is COCc1nc(N2CCCC(C)C2)sc1CNC(C)(C)C. The third kappa shape index (κ3) is 4.94. The monoisotopic (exact) mass is 311 g/mol. The largest absolute Gasteiger partial charge is 0.378 e. The van der Waals surface area contributed by atoms with Crippen LogP contribution in [-0.4, -0.2) is 30.7 Å². The van der Waals surface area contributed by atoms with Gasteiger partial charge in [0.2, 0.25) is 0 Å². The minimum Gasteiger partial charge on any atom is -0.378 e. The average molecular weight is 311 g/mol. The van der Waals surface area contributed by atoms with Crippen molar-refractivity contribution in [2.75, 3.05) is 25.1 Å². The van der Waals surface area contributed by atoms with Crippen molar-refractivity contribution in [3.8, 4) is 0 Å². The Labute approximate surface area is 132 Å². The van der Waals surface area contributed by atoms with Crippen LogP contribution in [0, 0.1) is 5.92 Å². The number of thiazole rings is 1. The first kappa shape index (κ1) is 16.7. The van der Waals surface area contributed by atoms with Crippen LogP contribution in [0.1, 0.15) is 51.1 Å². The van der Waals surface area contributed by atoms with Crippen LogP contribution in [-0.2, 0) is 17.9 Å². The molecule has 1 atom stereocenters. The molecule has 1 aromatic rings. The maximum Gasteiger partial charge on any atom is 0.185 e. The Kier molecular flexibility index (Phi) is 5.63. The Hall–Kier alpha value is -0.650. The van der Waals surface area contributed by atoms with Gasteiger partial charge in [0, 0.05) is 37.2 Å². The molecule has 0 bridgehead atoms. The number of nitrogens with one attached hydrogen (secondary N) is 1. The third-order valence-corrected chi connectivity index (χ3v) is 4.91. The summed E-state index contributed by atoms with van der Waals surface area (Å²) in [7, 11) is 1.74. The zero-order valence-corrected chi connectivity index (χ0v) is 14.8. The van der Waals surface area contributed by atoms with Gasteiger partial charge in [-0.1, -0.05) is 6.92 Å². The molecule has 1 saturated heterocycles. The summed E-state index contributed by atoms with van der Waals surface area (Å²) in [4.78, 5) is 8.59. The van der Waals surface area contributed by atoms with E-state index in [1.165, 1.54) is 22.9 Å². The lowest BCUT2D eigenvalue weighted by Crippen LogP contribution is -2.35. The smallest absolute Gasteiger partial charge is 0.185 e. The molecule has 0 saturated carbocycles. The van der Waals surface area contributed by atoms with E-state index in [4.69, 9.17) is 9.72 Å². The number of rotatable bonds is 5. The number of hydrogen-bond acceptors (Lipinski definition) is 5. The molecule has 1 fully saturated rings. The van der Waals surface area contributed by atoms with Crippen molar-refractivity contribution in [3.05, 3.63) is 10.6 Å². The lowest BCUT2D eigenvalue weighted by Gasteiger charge is -2.30. The van der Waals surface area contributed by atoms with Gasteiger partial charge < -0.3 is 15.0 Å². The zero-order valence-electron chi connectivity index (χ0n) is 14.0. The van der Waals surface area contributed by atoms with Crippen molar-refractivity contribution in [1.82, 2.24) is 10.3 Å². The minimum atomic E-state index is 0.119. The van der Waals surface area contributed by atoms with Crippen LogP contribution in [0.2, 0.25) is 0 Å². The molecule has 0 spiro atoms. The molecular formula is C16H29N3OS. The molecule has 0 radical (unpaired) electrons. The van der Waals surface area contributed by atoms with E-state index in [1.54, 1.807) is 7.11 Å². The van der Waals surface area contributed by atoms with Crippen LogP contribution < -0.4 is 10.2 Å². The fourth-order valence-electron chi connectivity index (χ4n) is 2.60. The summed E-state index contributed by atoms with van der Waals surface area (Å²) in [6, 6.07) is 0. The van der Waals surface area contributed by atoms with Gasteiger partial charge in [0.15, 0.2) is 5.13 Å². The quantitative estimate of drug-likeness (QED) is 0.904. The van der Waals surface area contributed by atoms with Gasteiger partial charge in [-0.05, 0) is 39.5 Å². The van der Waals surface area contributed by atoms with Crippen molar-refractivity contribution < 1.29 is 4.74 Å². The van der Waals surface area contributed by atoms with E-state index in [0.29, 0.717) is 6.61 Å². The summed E-state index contributed by atoms with van der Waals surface area (Å²) in [5, 5.41) is 4.72. The fraction of sp³-hybridized carbons (Fsp3) is 0.812. The molecular weight excluding hydrogens is 282 g/mol. The number of anilines is 1. The first-order valence-electron chi connectivity index (χ1n) is 7.86. The van der Waals surface area contributed by atoms with Gasteiger partial charge in [0.05, 0.1) is 12.3 Å². The molecule has 1 aliphatic rings. The second-order valence-electron chi connectivity index (χ2n) is 7.10. The molecule has 0 aromatic carbocycles. The topological polar surface area (TPSA) is 37.4 Å². The molecule has 1 N–H and O–H groups in total. The average Bonchev–Trinajstić information content (AvgIpc) is 2.79. The van der Waals surface area contributed by atoms with Crippen LogP contribution in [0.15, 0.2) is 0 Å². The van der Waals surface area contributed by atoms with Crippen molar-refractivity contribution in [2.24, 2.45) is 5.92 Å². The van der Waals surface area contributed by atoms with E-state index < -0.39 is 0 Å². The summed E-state index contributed by atoms with van der Waals surface area (Å²) in [5.74, 6) is 0.768. The summed E-state index contributed by atoms with van der Waals surface area (Å²) < 4.78 is 5.32. The molecule has 1 unspecified atom stereocenters. The van der Waals surface area contributed by atoms with E-state index in [-0.39, 0.29) is 5.54 Å². The Morgan fingerprint density at radius 2 is 2.19 bits per heavy atom. The predicted octanol–water partition coefficient (Wildman–Crippen LogP) is 3.41. The molecule has 4 nitrogen and oxygen atoms in total. The van der Waals surface area contributed by atoms with Gasteiger partial charge >= 0.3 is 0 Å². The van der Waals surface area contributed by atoms with Crippen molar-refractivity contribution in [2.45, 2.75) is 59.2 Å².